The van der Waals surface area contributed by atoms with Crippen LogP contribution in [0.15, 0.2) is 0 Å². The van der Waals surface area contributed by atoms with Crippen LogP contribution in [0.25, 0.3) is 0 Å². The van der Waals surface area contributed by atoms with Gasteiger partial charge < -0.3 is 10.6 Å². The second-order valence-corrected chi connectivity index (χ2v) is 4.85. The van der Waals surface area contributed by atoms with Gasteiger partial charge in [-0.2, -0.15) is 13.2 Å². The second kappa shape index (κ2) is 5.01. The number of rotatable bonds is 3. The number of hydrogen-bond donors (Lipinski definition) is 2. The molecule has 1 saturated carbocycles. The van der Waals surface area contributed by atoms with E-state index in [0.29, 0.717) is 11.8 Å². The Hall–Kier alpha value is -0.140. The van der Waals surface area contributed by atoms with Gasteiger partial charge in [0.05, 0.1) is 5.75 Å². The van der Waals surface area contributed by atoms with Crippen LogP contribution < -0.4 is 10.6 Å². The largest absolute Gasteiger partial charge is 0.442 e. The van der Waals surface area contributed by atoms with E-state index in [1.54, 1.807) is 0 Å². The summed E-state index contributed by atoms with van der Waals surface area (Å²) >= 11 is -0.288. The van der Waals surface area contributed by atoms with Gasteiger partial charge in [-0.05, 0) is 23.6 Å². The van der Waals surface area contributed by atoms with Crippen molar-refractivity contribution in [3.05, 3.63) is 0 Å². The van der Waals surface area contributed by atoms with Crippen molar-refractivity contribution in [1.82, 2.24) is 10.6 Å². The number of halogens is 4. The van der Waals surface area contributed by atoms with E-state index < -0.39 is 17.2 Å². The SMILES string of the molecule is Cl.O=C(CSC(F)(F)F)NC1C2CNCC21. The number of thioether (sulfide) groups is 1. The number of carbonyl (C=O) groups is 1. The van der Waals surface area contributed by atoms with E-state index in [2.05, 4.69) is 10.6 Å². The predicted octanol–water partition coefficient (Wildman–Crippen LogP) is 0.995. The highest BCUT2D eigenvalue weighted by molar-refractivity contribution is 8.00. The molecule has 0 aromatic rings. The average molecular weight is 277 g/mol. The van der Waals surface area contributed by atoms with E-state index in [0.717, 1.165) is 13.1 Å². The molecule has 2 atom stereocenters. The molecule has 1 saturated heterocycles. The Bertz CT molecular complexity index is 266. The third-order valence-corrected chi connectivity index (χ3v) is 3.52. The maximum atomic E-state index is 11.8. The standard InChI is InChI=1S/C8H11F3N2OS.ClH/c9-8(10,11)15-3-6(14)13-7-4-1-12-2-5(4)7;/h4-5,7,12H,1-3H2,(H,13,14);1H. The predicted molar refractivity (Wildman–Crippen MR) is 57.5 cm³/mol. The van der Waals surface area contributed by atoms with Gasteiger partial charge in [0.15, 0.2) is 0 Å². The molecule has 2 fully saturated rings. The number of carbonyl (C=O) groups excluding carboxylic acids is 1. The molecule has 0 spiro atoms. The minimum atomic E-state index is -4.32. The zero-order valence-corrected chi connectivity index (χ0v) is 9.85. The van der Waals surface area contributed by atoms with Crippen LogP contribution in [-0.4, -0.2) is 36.3 Å². The molecule has 1 heterocycles. The summed E-state index contributed by atoms with van der Waals surface area (Å²) in [5, 5.41) is 5.77. The summed E-state index contributed by atoms with van der Waals surface area (Å²) in [6.45, 7) is 1.73. The Morgan fingerprint density at radius 1 is 1.38 bits per heavy atom. The molecule has 94 valence electrons. The van der Waals surface area contributed by atoms with E-state index in [1.165, 1.54) is 0 Å². The van der Waals surface area contributed by atoms with Crippen LogP contribution in [0.3, 0.4) is 0 Å². The number of alkyl halides is 3. The van der Waals surface area contributed by atoms with Gasteiger partial charge >= 0.3 is 5.51 Å². The third kappa shape index (κ3) is 3.43. The summed E-state index contributed by atoms with van der Waals surface area (Å²) in [5.41, 5.74) is -4.32. The molecule has 2 rings (SSSR count). The molecule has 0 bridgehead atoms. The first-order valence-electron chi connectivity index (χ1n) is 4.68. The van der Waals surface area contributed by atoms with Gasteiger partial charge in [-0.3, -0.25) is 4.79 Å². The summed E-state index contributed by atoms with van der Waals surface area (Å²) < 4.78 is 35.3. The van der Waals surface area contributed by atoms with Crippen molar-refractivity contribution >= 4 is 30.1 Å². The van der Waals surface area contributed by atoms with E-state index in [4.69, 9.17) is 0 Å². The van der Waals surface area contributed by atoms with Gasteiger partial charge in [-0.1, -0.05) is 0 Å². The van der Waals surface area contributed by atoms with Crippen molar-refractivity contribution in [2.24, 2.45) is 11.8 Å². The summed E-state index contributed by atoms with van der Waals surface area (Å²) in [6, 6.07) is 0.104. The second-order valence-electron chi connectivity index (χ2n) is 3.81. The Balaban J connectivity index is 0.00000128. The van der Waals surface area contributed by atoms with Crippen molar-refractivity contribution in [2.45, 2.75) is 11.6 Å². The van der Waals surface area contributed by atoms with Crippen molar-refractivity contribution in [3.8, 4) is 0 Å². The van der Waals surface area contributed by atoms with Crippen LogP contribution in [0.1, 0.15) is 0 Å². The average Bonchev–Trinajstić information content (AvgIpc) is 2.62. The van der Waals surface area contributed by atoms with Crippen LogP contribution in [0.2, 0.25) is 0 Å². The lowest BCUT2D eigenvalue weighted by molar-refractivity contribution is -0.119. The number of nitrogens with one attached hydrogen (secondary N) is 2. The lowest BCUT2D eigenvalue weighted by Crippen LogP contribution is -2.34. The minimum absolute atomic E-state index is 0. The first-order chi connectivity index (χ1) is 6.97. The lowest BCUT2D eigenvalue weighted by Gasteiger charge is -2.08. The molecule has 0 aromatic heterocycles. The van der Waals surface area contributed by atoms with Gasteiger partial charge in [0.25, 0.3) is 0 Å². The van der Waals surface area contributed by atoms with Crippen LogP contribution in [0.5, 0.6) is 0 Å². The van der Waals surface area contributed by atoms with Crippen LogP contribution in [0, 0.1) is 11.8 Å². The maximum Gasteiger partial charge on any atom is 0.442 e. The van der Waals surface area contributed by atoms with E-state index in [1.807, 2.05) is 0 Å². The van der Waals surface area contributed by atoms with Gasteiger partial charge in [0.1, 0.15) is 0 Å². The quantitative estimate of drug-likeness (QED) is 0.808. The first kappa shape index (κ1) is 13.9. The highest BCUT2D eigenvalue weighted by atomic mass is 35.5. The number of amides is 1. The normalized spacial score (nSPS) is 31.6. The molecular weight excluding hydrogens is 265 g/mol. The summed E-state index contributed by atoms with van der Waals surface area (Å²) in [6.07, 6.45) is 0. The fraction of sp³-hybridized carbons (Fsp3) is 0.875. The minimum Gasteiger partial charge on any atom is -0.352 e. The zero-order valence-electron chi connectivity index (χ0n) is 8.21. The number of piperidine rings is 1. The molecular formula is C8H12ClF3N2OS. The molecule has 2 aliphatic rings. The van der Waals surface area contributed by atoms with E-state index in [-0.39, 0.29) is 30.2 Å². The van der Waals surface area contributed by atoms with Crippen molar-refractivity contribution in [3.63, 3.8) is 0 Å². The van der Waals surface area contributed by atoms with Gasteiger partial charge in [0, 0.05) is 19.1 Å². The van der Waals surface area contributed by atoms with Crippen LogP contribution in [0.4, 0.5) is 13.2 Å². The monoisotopic (exact) mass is 276 g/mol. The Morgan fingerprint density at radius 3 is 2.44 bits per heavy atom. The van der Waals surface area contributed by atoms with Crippen LogP contribution >= 0.6 is 24.2 Å². The molecule has 3 nitrogen and oxygen atoms in total. The molecule has 1 amide bonds. The Morgan fingerprint density at radius 2 is 1.94 bits per heavy atom. The molecule has 0 aromatic carbocycles. The highest BCUT2D eigenvalue weighted by Gasteiger charge is 2.53. The van der Waals surface area contributed by atoms with E-state index >= 15 is 0 Å². The molecule has 0 radical (unpaired) electrons. The maximum absolute atomic E-state index is 11.8. The summed E-state index contributed by atoms with van der Waals surface area (Å²) in [7, 11) is 0. The zero-order chi connectivity index (χ0) is 11.1. The smallest absolute Gasteiger partial charge is 0.352 e. The highest BCUT2D eigenvalue weighted by Crippen LogP contribution is 2.41. The Labute approximate surface area is 101 Å². The topological polar surface area (TPSA) is 41.1 Å². The molecule has 1 aliphatic heterocycles. The van der Waals surface area contributed by atoms with Crippen molar-refractivity contribution < 1.29 is 18.0 Å². The van der Waals surface area contributed by atoms with E-state index in [9.17, 15) is 18.0 Å². The molecule has 8 heteroatoms. The molecule has 1 aliphatic carbocycles. The summed E-state index contributed by atoms with van der Waals surface area (Å²) in [5.74, 6) is -0.182. The fourth-order valence-corrected chi connectivity index (χ4v) is 2.39. The van der Waals surface area contributed by atoms with Gasteiger partial charge in [-0.25, -0.2) is 0 Å². The number of hydrogen-bond acceptors (Lipinski definition) is 3. The summed E-state index contributed by atoms with van der Waals surface area (Å²) in [4.78, 5) is 11.1. The third-order valence-electron chi connectivity index (χ3n) is 2.79. The fourth-order valence-electron chi connectivity index (χ4n) is 2.01. The van der Waals surface area contributed by atoms with Crippen LogP contribution in [-0.2, 0) is 4.79 Å². The number of fused-ring (bicyclic) bond motifs is 1. The first-order valence-corrected chi connectivity index (χ1v) is 5.67. The van der Waals surface area contributed by atoms with Crippen molar-refractivity contribution in [2.75, 3.05) is 18.8 Å². The lowest BCUT2D eigenvalue weighted by atomic mass is 10.4. The molecule has 2 unspecified atom stereocenters. The van der Waals surface area contributed by atoms with Crippen molar-refractivity contribution in [1.29, 1.82) is 0 Å². The van der Waals surface area contributed by atoms with Gasteiger partial charge in [0.2, 0.25) is 5.91 Å². The molecule has 2 N–H and O–H groups in total. The molecule has 16 heavy (non-hydrogen) atoms. The van der Waals surface area contributed by atoms with Gasteiger partial charge in [-0.15, -0.1) is 12.4 Å². The Kier molecular flexibility index (Phi) is 4.36.